The molecule has 1 heterocycles. The Bertz CT molecular complexity index is 535. The third-order valence-corrected chi connectivity index (χ3v) is 3.77. The van der Waals surface area contributed by atoms with E-state index in [4.69, 9.17) is 11.6 Å². The van der Waals surface area contributed by atoms with Crippen LogP contribution in [-0.4, -0.2) is 23.0 Å². The molecule has 0 aliphatic heterocycles. The third-order valence-electron chi connectivity index (χ3n) is 2.78. The van der Waals surface area contributed by atoms with Gasteiger partial charge < -0.3 is 4.57 Å². The van der Waals surface area contributed by atoms with Gasteiger partial charge >= 0.3 is 0 Å². The molecule has 0 aliphatic carbocycles. The van der Waals surface area contributed by atoms with E-state index in [0.29, 0.717) is 5.88 Å². The molecule has 0 aliphatic rings. The maximum absolute atomic E-state index is 11.1. The number of fused-ring (bicyclic) bond motifs is 1. The van der Waals surface area contributed by atoms with Gasteiger partial charge in [-0.05, 0) is 30.9 Å². The summed E-state index contributed by atoms with van der Waals surface area (Å²) in [6.45, 7) is 0.854. The number of nitrogens with zero attached hydrogens (tertiary/aromatic N) is 1. The van der Waals surface area contributed by atoms with E-state index in [0.717, 1.165) is 35.7 Å². The summed E-state index contributed by atoms with van der Waals surface area (Å²) in [7, 11) is 0. The number of hydrogen-bond donors (Lipinski definition) is 0. The molecular formula is C13H14ClNOS. The Labute approximate surface area is 110 Å². The van der Waals surface area contributed by atoms with Crippen LogP contribution in [0.15, 0.2) is 29.3 Å². The first-order valence-electron chi connectivity index (χ1n) is 5.48. The minimum atomic E-state index is 0.638. The average Bonchev–Trinajstić information content (AvgIpc) is 2.73. The summed E-state index contributed by atoms with van der Waals surface area (Å²) in [4.78, 5) is 12.2. The van der Waals surface area contributed by atoms with Gasteiger partial charge in [-0.2, -0.15) is 0 Å². The van der Waals surface area contributed by atoms with Gasteiger partial charge in [-0.25, -0.2) is 0 Å². The highest BCUT2D eigenvalue weighted by atomic mass is 35.5. The maximum atomic E-state index is 11.1. The Morgan fingerprint density at radius 2 is 2.29 bits per heavy atom. The molecule has 0 saturated carbocycles. The molecule has 0 amide bonds. The van der Waals surface area contributed by atoms with E-state index in [1.54, 1.807) is 11.8 Å². The number of thioether (sulfide) groups is 1. The molecule has 0 saturated heterocycles. The van der Waals surface area contributed by atoms with E-state index in [2.05, 4.69) is 22.8 Å². The van der Waals surface area contributed by atoms with E-state index in [1.807, 2.05) is 12.5 Å². The number of carbonyl (C=O) groups is 1. The van der Waals surface area contributed by atoms with Crippen LogP contribution in [0, 0.1) is 0 Å². The molecule has 0 fully saturated rings. The predicted molar refractivity (Wildman–Crippen MR) is 74.4 cm³/mol. The van der Waals surface area contributed by atoms with Gasteiger partial charge in [-0.3, -0.25) is 4.79 Å². The SMILES string of the molecule is CSc1ccc2c(c1)c(C=O)cn2CCCCl. The Hall–Kier alpha value is -0.930. The molecule has 0 bridgehead atoms. The van der Waals surface area contributed by atoms with Crippen molar-refractivity contribution < 1.29 is 4.79 Å². The largest absolute Gasteiger partial charge is 0.347 e. The second-order valence-corrected chi connectivity index (χ2v) is 5.08. The van der Waals surface area contributed by atoms with Gasteiger partial charge in [-0.1, -0.05) is 0 Å². The fourth-order valence-electron chi connectivity index (χ4n) is 1.94. The number of carbonyl (C=O) groups excluding carboxylic acids is 1. The summed E-state index contributed by atoms with van der Waals surface area (Å²) in [6, 6.07) is 6.22. The van der Waals surface area contributed by atoms with Crippen molar-refractivity contribution in [3.05, 3.63) is 30.0 Å². The number of benzene rings is 1. The smallest absolute Gasteiger partial charge is 0.152 e. The molecule has 1 aromatic carbocycles. The zero-order valence-electron chi connectivity index (χ0n) is 9.65. The van der Waals surface area contributed by atoms with Gasteiger partial charge in [0.2, 0.25) is 0 Å². The fraction of sp³-hybridized carbons (Fsp3) is 0.308. The van der Waals surface area contributed by atoms with Crippen LogP contribution < -0.4 is 0 Å². The Morgan fingerprint density at radius 3 is 2.94 bits per heavy atom. The molecule has 0 atom stereocenters. The minimum absolute atomic E-state index is 0.638. The Balaban J connectivity index is 2.52. The summed E-state index contributed by atoms with van der Waals surface area (Å²) in [5.41, 5.74) is 1.86. The molecule has 2 aromatic rings. The first kappa shape index (κ1) is 12.5. The van der Waals surface area contributed by atoms with Crippen molar-refractivity contribution in [3.8, 4) is 0 Å². The number of alkyl halides is 1. The summed E-state index contributed by atoms with van der Waals surface area (Å²) < 4.78 is 2.10. The molecule has 4 heteroatoms. The highest BCUT2D eigenvalue weighted by Crippen LogP contribution is 2.26. The zero-order valence-corrected chi connectivity index (χ0v) is 11.2. The second-order valence-electron chi connectivity index (χ2n) is 3.82. The second kappa shape index (κ2) is 5.61. The van der Waals surface area contributed by atoms with Gasteiger partial charge in [-0.15, -0.1) is 23.4 Å². The van der Waals surface area contributed by atoms with E-state index in [-0.39, 0.29) is 0 Å². The van der Waals surface area contributed by atoms with E-state index in [1.165, 1.54) is 4.90 Å². The number of rotatable bonds is 5. The lowest BCUT2D eigenvalue weighted by Gasteiger charge is -2.03. The molecule has 1 aromatic heterocycles. The van der Waals surface area contributed by atoms with Crippen LogP contribution >= 0.6 is 23.4 Å². The Kier molecular flexibility index (Phi) is 4.13. The summed E-state index contributed by atoms with van der Waals surface area (Å²) in [5, 5.41) is 1.03. The van der Waals surface area contributed by atoms with E-state index in [9.17, 15) is 4.79 Å². The quantitative estimate of drug-likeness (QED) is 0.467. The average molecular weight is 268 g/mol. The predicted octanol–water partition coefficient (Wildman–Crippen LogP) is 3.80. The number of hydrogen-bond acceptors (Lipinski definition) is 2. The van der Waals surface area contributed by atoms with Crippen LogP contribution in [0.4, 0.5) is 0 Å². The lowest BCUT2D eigenvalue weighted by molar-refractivity contribution is 0.112. The number of aryl methyl sites for hydroxylation is 1. The van der Waals surface area contributed by atoms with Crippen molar-refractivity contribution in [3.63, 3.8) is 0 Å². The molecule has 90 valence electrons. The Morgan fingerprint density at radius 1 is 1.47 bits per heavy atom. The van der Waals surface area contributed by atoms with Crippen LogP contribution in [0.25, 0.3) is 10.9 Å². The molecule has 2 nitrogen and oxygen atoms in total. The van der Waals surface area contributed by atoms with Crippen molar-refractivity contribution >= 4 is 40.6 Å². The number of aldehydes is 1. The first-order valence-corrected chi connectivity index (χ1v) is 7.24. The number of halogens is 1. The highest BCUT2D eigenvalue weighted by Gasteiger charge is 2.08. The lowest BCUT2D eigenvalue weighted by Crippen LogP contribution is -1.96. The van der Waals surface area contributed by atoms with E-state index < -0.39 is 0 Å². The van der Waals surface area contributed by atoms with Crippen LogP contribution in [0.2, 0.25) is 0 Å². The van der Waals surface area contributed by atoms with Crippen molar-refractivity contribution in [1.82, 2.24) is 4.57 Å². The van der Waals surface area contributed by atoms with Gasteiger partial charge in [0, 0.05) is 40.0 Å². The van der Waals surface area contributed by atoms with Crippen LogP contribution in [-0.2, 0) is 6.54 Å². The first-order chi connectivity index (χ1) is 8.30. The molecule has 0 spiro atoms. The lowest BCUT2D eigenvalue weighted by atomic mass is 10.2. The van der Waals surface area contributed by atoms with Crippen molar-refractivity contribution in [1.29, 1.82) is 0 Å². The van der Waals surface area contributed by atoms with Crippen molar-refractivity contribution in [2.75, 3.05) is 12.1 Å². The highest BCUT2D eigenvalue weighted by molar-refractivity contribution is 7.98. The van der Waals surface area contributed by atoms with Gasteiger partial charge in [0.15, 0.2) is 6.29 Å². The molecule has 2 rings (SSSR count). The van der Waals surface area contributed by atoms with Gasteiger partial charge in [0.25, 0.3) is 0 Å². The molecule has 17 heavy (non-hydrogen) atoms. The van der Waals surface area contributed by atoms with Crippen LogP contribution in [0.3, 0.4) is 0 Å². The molecular weight excluding hydrogens is 254 g/mol. The monoisotopic (exact) mass is 267 g/mol. The van der Waals surface area contributed by atoms with Crippen LogP contribution in [0.1, 0.15) is 16.8 Å². The minimum Gasteiger partial charge on any atom is -0.347 e. The molecule has 0 N–H and O–H groups in total. The summed E-state index contributed by atoms with van der Waals surface area (Å²) in [5.74, 6) is 0.638. The molecule has 0 radical (unpaired) electrons. The van der Waals surface area contributed by atoms with Crippen LogP contribution in [0.5, 0.6) is 0 Å². The van der Waals surface area contributed by atoms with Crippen molar-refractivity contribution in [2.45, 2.75) is 17.9 Å². The summed E-state index contributed by atoms with van der Waals surface area (Å²) in [6.07, 6.45) is 5.78. The standard InChI is InChI=1S/C13H14ClNOS/c1-17-11-3-4-13-12(7-11)10(9-16)8-15(13)6-2-5-14/h3-4,7-9H,2,5-6H2,1H3. The van der Waals surface area contributed by atoms with Gasteiger partial charge in [0.05, 0.1) is 0 Å². The van der Waals surface area contributed by atoms with Crippen molar-refractivity contribution in [2.24, 2.45) is 0 Å². The zero-order chi connectivity index (χ0) is 12.3. The molecule has 0 unspecified atom stereocenters. The van der Waals surface area contributed by atoms with Gasteiger partial charge in [0.1, 0.15) is 0 Å². The van der Waals surface area contributed by atoms with E-state index >= 15 is 0 Å². The third kappa shape index (κ3) is 2.50. The number of aromatic nitrogens is 1. The fourth-order valence-corrected chi connectivity index (χ4v) is 2.50. The maximum Gasteiger partial charge on any atom is 0.152 e. The normalized spacial score (nSPS) is 10.9. The topological polar surface area (TPSA) is 22.0 Å². The summed E-state index contributed by atoms with van der Waals surface area (Å²) >= 11 is 7.39.